The number of carbonyl (C=O) groups excluding carboxylic acids is 4. The first-order valence-corrected chi connectivity index (χ1v) is 23.6. The normalized spacial score (nSPS) is 21.0. The van der Waals surface area contributed by atoms with Gasteiger partial charge in [-0.15, -0.1) is 0 Å². The summed E-state index contributed by atoms with van der Waals surface area (Å²) < 4.78 is 62.2. The number of aliphatic hydroxyl groups is 2. The highest BCUT2D eigenvalue weighted by atomic mass is 32.2. The molecule has 0 spiro atoms. The molecular formula is C29H50N11O18P3S. The zero-order chi connectivity index (χ0) is 46.6. The number of nitrogens with zero attached hydrogens (tertiary/aromatic N) is 5. The van der Waals surface area contributed by atoms with E-state index in [0.29, 0.717) is 6.42 Å². The Balaban J connectivity index is 1.45. The van der Waals surface area contributed by atoms with E-state index in [1.54, 1.807) is 0 Å². The van der Waals surface area contributed by atoms with Gasteiger partial charge in [-0.05, 0) is 12.8 Å². The molecule has 1 aliphatic heterocycles. The van der Waals surface area contributed by atoms with Crippen LogP contribution in [0.4, 0.5) is 5.82 Å². The zero-order valence-electron chi connectivity index (χ0n) is 33.3. The number of anilines is 1. The molecule has 0 aromatic carbocycles. The van der Waals surface area contributed by atoms with Gasteiger partial charge in [0.05, 0.1) is 25.6 Å². The van der Waals surface area contributed by atoms with E-state index in [1.165, 1.54) is 20.8 Å². The summed E-state index contributed by atoms with van der Waals surface area (Å²) in [6.45, 7) is 1.70. The van der Waals surface area contributed by atoms with Crippen LogP contribution in [0, 0.1) is 5.41 Å². The lowest BCUT2D eigenvalue weighted by Gasteiger charge is -2.30. The molecule has 3 rings (SSSR count). The van der Waals surface area contributed by atoms with Gasteiger partial charge in [-0.3, -0.25) is 42.3 Å². The number of hydrogen-bond donors (Lipinski definition) is 12. The number of thioether (sulfide) groups is 1. The molecule has 1 aliphatic rings. The van der Waals surface area contributed by atoms with Crippen molar-refractivity contribution in [3.8, 4) is 0 Å². The molecule has 0 bridgehead atoms. The fraction of sp³-hybridized carbons (Fsp3) is 0.655. The Bertz CT molecular complexity index is 2070. The molecule has 8 unspecified atom stereocenters. The number of aliphatic hydroxyl groups excluding tert-OH is 2. The van der Waals surface area contributed by atoms with Gasteiger partial charge in [0.25, 0.3) is 0 Å². The van der Waals surface area contributed by atoms with E-state index < -0.39 is 96.5 Å². The predicted molar refractivity (Wildman–Crippen MR) is 215 cm³/mol. The number of carbonyl (C=O) groups is 4. The number of ether oxygens (including phenoxy) is 1. The zero-order valence-corrected chi connectivity index (χ0v) is 36.8. The van der Waals surface area contributed by atoms with Gasteiger partial charge in [0.1, 0.15) is 36.3 Å². The van der Waals surface area contributed by atoms with Crippen molar-refractivity contribution < 1.29 is 85.3 Å². The Morgan fingerprint density at radius 3 is 2.37 bits per heavy atom. The largest absolute Gasteiger partial charge is 0.481 e. The molecule has 8 atom stereocenters. The molecule has 62 heavy (non-hydrogen) atoms. The fourth-order valence-corrected chi connectivity index (χ4v) is 8.99. The summed E-state index contributed by atoms with van der Waals surface area (Å²) >= 11 is 0.885. The topological polar surface area (TPSA) is 457 Å². The lowest BCUT2D eigenvalue weighted by atomic mass is 9.87. The van der Waals surface area contributed by atoms with Gasteiger partial charge in [0, 0.05) is 44.1 Å². The maximum absolute atomic E-state index is 12.7. The molecule has 2 aromatic heterocycles. The lowest BCUT2D eigenvalue weighted by molar-refractivity contribution is -0.137. The van der Waals surface area contributed by atoms with E-state index in [1.807, 2.05) is 0 Å². The maximum Gasteiger partial charge on any atom is 0.481 e. The maximum atomic E-state index is 12.7. The van der Waals surface area contributed by atoms with Crippen LogP contribution in [-0.2, 0) is 55.5 Å². The number of amides is 3. The Kier molecular flexibility index (Phi) is 19.3. The average molecular weight is 966 g/mol. The summed E-state index contributed by atoms with van der Waals surface area (Å²) in [7, 11) is -16.5. The molecule has 1 saturated heterocycles. The Hall–Kier alpha value is -3.70. The van der Waals surface area contributed by atoms with Crippen LogP contribution >= 0.6 is 35.2 Å². The monoisotopic (exact) mass is 965 g/mol. The second-order valence-corrected chi connectivity index (χ2v) is 19.3. The minimum Gasteiger partial charge on any atom is -0.386 e. The first-order valence-electron chi connectivity index (χ1n) is 18.1. The molecular weight excluding hydrogens is 915 g/mol. The van der Waals surface area contributed by atoms with E-state index in [4.69, 9.17) is 31.0 Å². The number of fused-ring (bicyclic) bond motifs is 1. The van der Waals surface area contributed by atoms with E-state index in [9.17, 15) is 62.7 Å². The van der Waals surface area contributed by atoms with Gasteiger partial charge >= 0.3 is 23.5 Å². The van der Waals surface area contributed by atoms with Crippen molar-refractivity contribution in [1.82, 2.24) is 35.5 Å². The quantitative estimate of drug-likeness (QED) is 0.0207. The number of guanidine groups is 1. The van der Waals surface area contributed by atoms with Gasteiger partial charge in [-0.2, -0.15) is 4.31 Å². The van der Waals surface area contributed by atoms with Crippen LogP contribution in [0.25, 0.3) is 11.2 Å². The fourth-order valence-electron chi connectivity index (χ4n) is 5.38. The van der Waals surface area contributed by atoms with Gasteiger partial charge in [-0.25, -0.2) is 28.6 Å². The van der Waals surface area contributed by atoms with Crippen LogP contribution < -0.4 is 33.2 Å². The molecule has 0 saturated carbocycles. The number of rotatable bonds is 25. The second kappa shape index (κ2) is 22.8. The van der Waals surface area contributed by atoms with Crippen molar-refractivity contribution in [1.29, 1.82) is 0 Å². The van der Waals surface area contributed by atoms with Crippen LogP contribution in [0.5, 0.6) is 0 Å². The van der Waals surface area contributed by atoms with Crippen molar-refractivity contribution in [2.24, 2.45) is 21.9 Å². The standard InChI is InChI=1S/C29H50N11O18P3S/c1-15(41)39-16(5-4-7-35-28(31)32)27(46)62-10-9-33-18(42)6-8-34-25(45)22(44)29(2,3)12-55-61(52,53)58-60(50,51)54-11-17-21(57-59(47,48)49)20(43)26(56-17)40-14-38-19-23(30)36-13-37-24(19)40/h13-14,16-17,20-22,26,43-44H,4-12H2,1-3H3,(H,33,42)(H,34,45)(H,39,41)(H,50,51)(H,52,53)(H2,30,36,37)(H4,31,32,35)(H2,47,48,49). The van der Waals surface area contributed by atoms with E-state index in [0.717, 1.165) is 29.0 Å². The van der Waals surface area contributed by atoms with Crippen LogP contribution in [0.3, 0.4) is 0 Å². The van der Waals surface area contributed by atoms with Gasteiger partial charge in [0.2, 0.25) is 22.8 Å². The summed E-state index contributed by atoms with van der Waals surface area (Å²) in [5.74, 6) is -1.94. The number of imidazole rings is 1. The highest BCUT2D eigenvalue weighted by Crippen LogP contribution is 2.61. The average Bonchev–Trinajstić information content (AvgIpc) is 3.72. The van der Waals surface area contributed by atoms with Crippen LogP contribution in [-0.4, -0.2) is 147 Å². The van der Waals surface area contributed by atoms with Crippen molar-refractivity contribution in [3.05, 3.63) is 12.7 Å². The third-order valence-corrected chi connectivity index (χ3v) is 12.4. The smallest absolute Gasteiger partial charge is 0.386 e. The summed E-state index contributed by atoms with van der Waals surface area (Å²) in [6, 6.07) is -0.792. The highest BCUT2D eigenvalue weighted by Gasteiger charge is 2.50. The second-order valence-electron chi connectivity index (χ2n) is 13.9. The van der Waals surface area contributed by atoms with Crippen molar-refractivity contribution in [2.45, 2.75) is 76.7 Å². The minimum atomic E-state index is -5.60. The summed E-state index contributed by atoms with van der Waals surface area (Å²) in [5.41, 5.74) is 14.8. The summed E-state index contributed by atoms with van der Waals surface area (Å²) in [5, 5.41) is 28.6. The number of aliphatic imine (C=N–C) groups is 1. The molecule has 350 valence electrons. The number of phosphoric ester groups is 3. The molecule has 1 fully saturated rings. The Morgan fingerprint density at radius 1 is 1.05 bits per heavy atom. The summed E-state index contributed by atoms with van der Waals surface area (Å²) in [6.07, 6.45) is -6.42. The highest BCUT2D eigenvalue weighted by molar-refractivity contribution is 8.13. The molecule has 0 radical (unpaired) electrons. The number of nitrogen functional groups attached to an aromatic ring is 1. The third kappa shape index (κ3) is 16.8. The molecule has 2 aromatic rings. The lowest BCUT2D eigenvalue weighted by Crippen LogP contribution is -2.46. The molecule has 3 amide bonds. The molecule has 33 heteroatoms. The van der Waals surface area contributed by atoms with E-state index in [2.05, 4.69) is 44.7 Å². The summed E-state index contributed by atoms with van der Waals surface area (Å²) in [4.78, 5) is 104. The predicted octanol–water partition coefficient (Wildman–Crippen LogP) is -2.78. The van der Waals surface area contributed by atoms with Gasteiger partial charge < -0.3 is 67.7 Å². The van der Waals surface area contributed by atoms with Crippen LogP contribution in [0.1, 0.15) is 46.3 Å². The van der Waals surface area contributed by atoms with Crippen molar-refractivity contribution >= 4 is 81.0 Å². The van der Waals surface area contributed by atoms with Crippen LogP contribution in [0.2, 0.25) is 0 Å². The minimum absolute atomic E-state index is 0.0178. The molecule has 0 aliphatic carbocycles. The molecule has 29 nitrogen and oxygen atoms in total. The van der Waals surface area contributed by atoms with Gasteiger partial charge in [0.15, 0.2) is 23.7 Å². The number of hydrogen-bond acceptors (Lipinski definition) is 20. The number of aromatic nitrogens is 4. The Morgan fingerprint density at radius 2 is 1.73 bits per heavy atom. The molecule has 3 heterocycles. The first kappa shape index (κ1) is 52.6. The third-order valence-electron chi connectivity index (χ3n) is 8.35. The first-order chi connectivity index (χ1) is 28.7. The van der Waals surface area contributed by atoms with Gasteiger partial charge in [-0.1, -0.05) is 25.6 Å². The van der Waals surface area contributed by atoms with Crippen molar-refractivity contribution in [2.75, 3.05) is 44.3 Å². The number of phosphoric acid groups is 3. The molecule has 15 N–H and O–H groups in total. The number of nitrogens with two attached hydrogens (primary N) is 3. The van der Waals surface area contributed by atoms with Crippen molar-refractivity contribution in [3.63, 3.8) is 0 Å². The van der Waals surface area contributed by atoms with E-state index in [-0.39, 0.29) is 66.3 Å². The van der Waals surface area contributed by atoms with Crippen LogP contribution in [0.15, 0.2) is 17.6 Å². The Labute approximate surface area is 356 Å². The number of nitrogens with one attached hydrogen (secondary N) is 3. The SMILES string of the molecule is CC(=O)NC(CCCN=C(N)N)C(=O)SCCNC(=O)CCNC(=O)C(O)C(C)(C)COP(=O)(O)OP(=O)(O)OCC1OC(n2cnc3c(N)ncnc32)C(O)C1OP(=O)(O)O. The van der Waals surface area contributed by atoms with E-state index >= 15 is 0 Å².